The van der Waals surface area contributed by atoms with Gasteiger partial charge in [0.1, 0.15) is 6.61 Å². The second-order valence-electron chi connectivity index (χ2n) is 5.06. The summed E-state index contributed by atoms with van der Waals surface area (Å²) in [4.78, 5) is 11.4. The number of ether oxygens (including phenoxy) is 2. The van der Waals surface area contributed by atoms with Crippen molar-refractivity contribution in [1.82, 2.24) is 0 Å². The van der Waals surface area contributed by atoms with E-state index >= 15 is 0 Å². The lowest BCUT2D eigenvalue weighted by molar-refractivity contribution is -0.145. The number of carbonyl (C=O) groups is 1. The summed E-state index contributed by atoms with van der Waals surface area (Å²) in [7, 11) is 0. The molecule has 19 heavy (non-hydrogen) atoms. The summed E-state index contributed by atoms with van der Waals surface area (Å²) in [6.45, 7) is 6.10. The Labute approximate surface area is 119 Å². The van der Waals surface area contributed by atoms with Crippen LogP contribution in [-0.4, -0.2) is 25.8 Å². The topological polar surface area (TPSA) is 35.5 Å². The van der Waals surface area contributed by atoms with Crippen LogP contribution in [0.15, 0.2) is 0 Å². The van der Waals surface area contributed by atoms with E-state index in [0.717, 1.165) is 25.9 Å². The van der Waals surface area contributed by atoms with Crippen molar-refractivity contribution < 1.29 is 14.3 Å². The van der Waals surface area contributed by atoms with Crippen LogP contribution >= 0.6 is 0 Å². The third-order valence-corrected chi connectivity index (χ3v) is 3.12. The van der Waals surface area contributed by atoms with Crippen molar-refractivity contribution in [2.75, 3.05) is 19.8 Å². The highest BCUT2D eigenvalue weighted by molar-refractivity contribution is 5.69. The van der Waals surface area contributed by atoms with Crippen molar-refractivity contribution >= 4 is 5.97 Å². The highest BCUT2D eigenvalue weighted by atomic mass is 16.6. The van der Waals surface area contributed by atoms with E-state index in [1.165, 1.54) is 38.5 Å². The molecule has 0 aromatic carbocycles. The van der Waals surface area contributed by atoms with Gasteiger partial charge in [0.2, 0.25) is 0 Å². The van der Waals surface area contributed by atoms with Gasteiger partial charge in [0.05, 0.1) is 6.61 Å². The van der Waals surface area contributed by atoms with Crippen molar-refractivity contribution in [3.8, 4) is 0 Å². The molecule has 3 nitrogen and oxygen atoms in total. The quantitative estimate of drug-likeness (QED) is 0.345. The molecule has 0 aliphatic carbocycles. The minimum Gasteiger partial charge on any atom is -0.463 e. The van der Waals surface area contributed by atoms with Crippen molar-refractivity contribution in [2.45, 2.75) is 78.1 Å². The zero-order valence-electron chi connectivity index (χ0n) is 12.9. The van der Waals surface area contributed by atoms with Gasteiger partial charge in [-0.1, -0.05) is 58.8 Å². The molecule has 0 aliphatic heterocycles. The van der Waals surface area contributed by atoms with Gasteiger partial charge >= 0.3 is 5.97 Å². The summed E-state index contributed by atoms with van der Waals surface area (Å²) < 4.78 is 10.5. The molecule has 0 atom stereocenters. The molecule has 0 aliphatic rings. The summed E-state index contributed by atoms with van der Waals surface area (Å²) in [5, 5.41) is 0. The molecule has 0 fully saturated rings. The van der Waals surface area contributed by atoms with Gasteiger partial charge in [-0.3, -0.25) is 4.79 Å². The molecule has 0 radical (unpaired) electrons. The molecule has 0 aromatic heterocycles. The van der Waals surface area contributed by atoms with Gasteiger partial charge in [-0.25, -0.2) is 0 Å². The Morgan fingerprint density at radius 2 is 1.37 bits per heavy atom. The van der Waals surface area contributed by atoms with Gasteiger partial charge in [0, 0.05) is 13.0 Å². The second-order valence-corrected chi connectivity index (χ2v) is 5.06. The SMILES string of the molecule is CCCCCCCCC(=O)OCCOCCCCC. The predicted molar refractivity (Wildman–Crippen MR) is 79.3 cm³/mol. The van der Waals surface area contributed by atoms with E-state index in [2.05, 4.69) is 13.8 Å². The molecule has 0 rings (SSSR count). The fourth-order valence-corrected chi connectivity index (χ4v) is 1.89. The average Bonchev–Trinajstić information content (AvgIpc) is 2.41. The van der Waals surface area contributed by atoms with E-state index < -0.39 is 0 Å². The molecule has 114 valence electrons. The predicted octanol–water partition coefficient (Wildman–Crippen LogP) is 4.49. The highest BCUT2D eigenvalue weighted by Crippen LogP contribution is 2.07. The number of carbonyl (C=O) groups excluding carboxylic acids is 1. The molecule has 0 heterocycles. The van der Waals surface area contributed by atoms with Crippen LogP contribution in [0.3, 0.4) is 0 Å². The molecule has 0 amide bonds. The average molecular weight is 272 g/mol. The molecular weight excluding hydrogens is 240 g/mol. The van der Waals surface area contributed by atoms with E-state index in [4.69, 9.17) is 9.47 Å². The molecule has 0 spiro atoms. The smallest absolute Gasteiger partial charge is 0.305 e. The zero-order chi connectivity index (χ0) is 14.2. The van der Waals surface area contributed by atoms with Crippen LogP contribution in [0.2, 0.25) is 0 Å². The van der Waals surface area contributed by atoms with Crippen LogP contribution in [-0.2, 0) is 14.3 Å². The normalized spacial score (nSPS) is 10.6. The first-order chi connectivity index (χ1) is 9.31. The maximum Gasteiger partial charge on any atom is 0.305 e. The Morgan fingerprint density at radius 1 is 0.737 bits per heavy atom. The van der Waals surface area contributed by atoms with E-state index in [9.17, 15) is 4.79 Å². The first-order valence-corrected chi connectivity index (χ1v) is 8.04. The fourth-order valence-electron chi connectivity index (χ4n) is 1.89. The molecule has 0 saturated heterocycles. The zero-order valence-corrected chi connectivity index (χ0v) is 12.9. The molecule has 3 heteroatoms. The standard InChI is InChI=1S/C16H32O3/c1-3-5-7-8-9-10-12-16(17)19-15-14-18-13-11-6-4-2/h3-15H2,1-2H3. The van der Waals surface area contributed by atoms with Gasteiger partial charge in [-0.2, -0.15) is 0 Å². The van der Waals surface area contributed by atoms with Crippen molar-refractivity contribution in [3.63, 3.8) is 0 Å². The van der Waals surface area contributed by atoms with Crippen LogP contribution in [0.4, 0.5) is 0 Å². The van der Waals surface area contributed by atoms with Gasteiger partial charge in [-0.05, 0) is 12.8 Å². The highest BCUT2D eigenvalue weighted by Gasteiger charge is 2.02. The molecule has 0 aromatic rings. The Kier molecular flexibility index (Phi) is 15.0. The lowest BCUT2D eigenvalue weighted by Gasteiger charge is -2.06. The Bertz CT molecular complexity index is 192. The third kappa shape index (κ3) is 15.4. The monoisotopic (exact) mass is 272 g/mol. The van der Waals surface area contributed by atoms with Gasteiger partial charge in [0.25, 0.3) is 0 Å². The number of hydrogen-bond donors (Lipinski definition) is 0. The van der Waals surface area contributed by atoms with E-state index in [-0.39, 0.29) is 5.97 Å². The van der Waals surface area contributed by atoms with E-state index in [1.54, 1.807) is 0 Å². The van der Waals surface area contributed by atoms with Crippen LogP contribution < -0.4 is 0 Å². The Balaban J connectivity index is 3.13. The Morgan fingerprint density at radius 3 is 2.11 bits per heavy atom. The second kappa shape index (κ2) is 15.5. The number of hydrogen-bond acceptors (Lipinski definition) is 3. The van der Waals surface area contributed by atoms with Crippen LogP contribution in [0.25, 0.3) is 0 Å². The van der Waals surface area contributed by atoms with Gasteiger partial charge < -0.3 is 9.47 Å². The third-order valence-electron chi connectivity index (χ3n) is 3.12. The maximum atomic E-state index is 11.4. The summed E-state index contributed by atoms with van der Waals surface area (Å²) in [6, 6.07) is 0. The maximum absolute atomic E-state index is 11.4. The number of unbranched alkanes of at least 4 members (excludes halogenated alkanes) is 7. The van der Waals surface area contributed by atoms with Gasteiger partial charge in [-0.15, -0.1) is 0 Å². The largest absolute Gasteiger partial charge is 0.463 e. The number of esters is 1. The molecule has 0 saturated carbocycles. The first kappa shape index (κ1) is 18.4. The molecule has 0 N–H and O–H groups in total. The van der Waals surface area contributed by atoms with Crippen LogP contribution in [0, 0.1) is 0 Å². The van der Waals surface area contributed by atoms with E-state index in [1.807, 2.05) is 0 Å². The Hall–Kier alpha value is -0.570. The summed E-state index contributed by atoms with van der Waals surface area (Å²) in [5.41, 5.74) is 0. The van der Waals surface area contributed by atoms with Crippen molar-refractivity contribution in [1.29, 1.82) is 0 Å². The lowest BCUT2D eigenvalue weighted by Crippen LogP contribution is -2.10. The van der Waals surface area contributed by atoms with Gasteiger partial charge in [0.15, 0.2) is 0 Å². The van der Waals surface area contributed by atoms with E-state index in [0.29, 0.717) is 19.6 Å². The molecule has 0 unspecified atom stereocenters. The minimum atomic E-state index is -0.0763. The lowest BCUT2D eigenvalue weighted by atomic mass is 10.1. The van der Waals surface area contributed by atoms with Crippen LogP contribution in [0.1, 0.15) is 78.1 Å². The summed E-state index contributed by atoms with van der Waals surface area (Å²) in [5.74, 6) is -0.0763. The van der Waals surface area contributed by atoms with Crippen molar-refractivity contribution in [2.24, 2.45) is 0 Å². The first-order valence-electron chi connectivity index (χ1n) is 8.04. The molecular formula is C16H32O3. The fraction of sp³-hybridized carbons (Fsp3) is 0.938. The summed E-state index contributed by atoms with van der Waals surface area (Å²) >= 11 is 0. The summed E-state index contributed by atoms with van der Waals surface area (Å²) in [6.07, 6.45) is 11.3. The van der Waals surface area contributed by atoms with Crippen molar-refractivity contribution in [3.05, 3.63) is 0 Å². The minimum absolute atomic E-state index is 0.0763. The van der Waals surface area contributed by atoms with Crippen LogP contribution in [0.5, 0.6) is 0 Å². The molecule has 0 bridgehead atoms. The number of rotatable bonds is 14.